The molecule has 6 aliphatic rings. The number of Topliss-reactive ketones (excluding diaryl/α,β-unsaturated/α-hetero) is 2. The minimum absolute atomic E-state index is 0.0394. The number of phenols is 1. The van der Waals surface area contributed by atoms with Crippen LogP contribution < -0.4 is 9.47 Å². The van der Waals surface area contributed by atoms with E-state index in [-0.39, 0.29) is 60.1 Å². The Hall–Kier alpha value is -5.29. The van der Waals surface area contributed by atoms with E-state index in [0.29, 0.717) is 41.8 Å². The number of allylic oxidation sites excluding steroid dienone is 5. The highest BCUT2D eigenvalue weighted by atomic mass is 16.6. The van der Waals surface area contributed by atoms with Crippen LogP contribution in [0, 0.1) is 11.8 Å². The lowest BCUT2D eigenvalue weighted by Crippen LogP contribution is -2.72. The molecular weight excluding hydrogens is 749 g/mol. The molecule has 1 spiro atoms. The molecule has 11 heteroatoms. The van der Waals surface area contributed by atoms with Gasteiger partial charge in [0.1, 0.15) is 35.0 Å². The summed E-state index contributed by atoms with van der Waals surface area (Å²) in [5.41, 5.74) is -0.479. The number of carbonyl (C=O) groups is 4. The van der Waals surface area contributed by atoms with Crippen molar-refractivity contribution in [1.29, 1.82) is 0 Å². The number of aromatic hydroxyl groups is 1. The highest BCUT2D eigenvalue weighted by Gasteiger charge is 2.81. The number of hydrogen-bond donors (Lipinski definition) is 1. The summed E-state index contributed by atoms with van der Waals surface area (Å²) in [6.45, 7) is 17.2. The van der Waals surface area contributed by atoms with Crippen molar-refractivity contribution in [3.8, 4) is 17.2 Å². The van der Waals surface area contributed by atoms with Gasteiger partial charge in [-0.25, -0.2) is 0 Å². The molecule has 312 valence electrons. The van der Waals surface area contributed by atoms with Gasteiger partial charge in [-0.3, -0.25) is 24.2 Å². The fraction of sp³-hybridized carbons (Fsp3) is 0.479. The summed E-state index contributed by atoms with van der Waals surface area (Å²) in [5, 5.41) is 12.0. The summed E-state index contributed by atoms with van der Waals surface area (Å²) in [4.78, 5) is 62.6. The number of phenolic OH excluding ortho intramolecular Hbond substituents is 1. The molecular formula is C48H56N2O9. The van der Waals surface area contributed by atoms with Crippen LogP contribution in [0.2, 0.25) is 0 Å². The summed E-state index contributed by atoms with van der Waals surface area (Å²) >= 11 is 0. The molecule has 1 saturated heterocycles. The zero-order valence-electron chi connectivity index (χ0n) is 35.7. The second kappa shape index (κ2) is 15.4. The van der Waals surface area contributed by atoms with Crippen LogP contribution in [0.5, 0.6) is 17.2 Å². The maximum absolute atomic E-state index is 15.1. The normalized spacial score (nSPS) is 26.7. The minimum Gasteiger partial charge on any atom is -0.506 e. The number of aromatic nitrogens is 1. The van der Waals surface area contributed by atoms with Gasteiger partial charge in [0.15, 0.2) is 22.8 Å². The molecule has 5 atom stereocenters. The largest absolute Gasteiger partial charge is 0.506 e. The molecule has 1 aromatic heterocycles. The van der Waals surface area contributed by atoms with Gasteiger partial charge >= 0.3 is 5.97 Å². The smallest absolute Gasteiger partial charge is 0.325 e. The first kappa shape index (κ1) is 41.9. The first-order valence-corrected chi connectivity index (χ1v) is 20.7. The van der Waals surface area contributed by atoms with Gasteiger partial charge in [0.05, 0.1) is 30.0 Å². The first-order chi connectivity index (χ1) is 27.9. The first-order valence-electron chi connectivity index (χ1n) is 20.7. The Morgan fingerprint density at radius 2 is 1.76 bits per heavy atom. The number of rotatable bonds is 13. The lowest BCUT2D eigenvalue weighted by molar-refractivity contribution is -0.171. The highest BCUT2D eigenvalue weighted by molar-refractivity contribution is 6.19. The number of benzene rings is 1. The summed E-state index contributed by atoms with van der Waals surface area (Å²) in [6.07, 6.45) is 15.1. The summed E-state index contributed by atoms with van der Waals surface area (Å²) in [5.74, 6) is -2.35. The topological polar surface area (TPSA) is 142 Å². The van der Waals surface area contributed by atoms with E-state index in [1.54, 1.807) is 50.4 Å². The number of carbonyl (C=O) groups excluding carboxylic acids is 4. The van der Waals surface area contributed by atoms with Gasteiger partial charge in [-0.1, -0.05) is 41.5 Å². The van der Waals surface area contributed by atoms with Gasteiger partial charge in [0.25, 0.3) is 0 Å². The molecule has 2 fully saturated rings. The Balaban J connectivity index is 1.34. The van der Waals surface area contributed by atoms with Crippen molar-refractivity contribution in [1.82, 2.24) is 9.88 Å². The Bertz CT molecular complexity index is 2260. The monoisotopic (exact) mass is 804 g/mol. The number of ketones is 2. The summed E-state index contributed by atoms with van der Waals surface area (Å²) in [6, 6.07) is 5.34. The van der Waals surface area contributed by atoms with Crippen LogP contribution in [0.15, 0.2) is 77.1 Å². The third-order valence-electron chi connectivity index (χ3n) is 12.5. The molecule has 8 rings (SSSR count). The number of hydrogen-bond acceptors (Lipinski definition) is 10. The molecule has 59 heavy (non-hydrogen) atoms. The van der Waals surface area contributed by atoms with E-state index in [0.717, 1.165) is 12.0 Å². The van der Waals surface area contributed by atoms with Crippen molar-refractivity contribution in [2.24, 2.45) is 11.8 Å². The van der Waals surface area contributed by atoms with E-state index in [1.807, 2.05) is 52.8 Å². The molecule has 4 bridgehead atoms. The quantitative estimate of drug-likeness (QED) is 0.120. The van der Waals surface area contributed by atoms with Crippen molar-refractivity contribution in [2.75, 3.05) is 13.2 Å². The van der Waals surface area contributed by atoms with Crippen molar-refractivity contribution < 1.29 is 43.2 Å². The molecule has 3 aliphatic heterocycles. The number of nitrogens with zero attached hydrogens (tertiary/aromatic N) is 2. The van der Waals surface area contributed by atoms with Gasteiger partial charge in [-0.2, -0.15) is 0 Å². The van der Waals surface area contributed by atoms with E-state index in [1.165, 1.54) is 10.5 Å². The van der Waals surface area contributed by atoms with Crippen LogP contribution in [-0.4, -0.2) is 74.0 Å². The molecule has 1 amide bonds. The fourth-order valence-corrected chi connectivity index (χ4v) is 9.67. The third kappa shape index (κ3) is 7.04. The van der Waals surface area contributed by atoms with E-state index in [2.05, 4.69) is 24.9 Å². The van der Waals surface area contributed by atoms with Crippen LogP contribution >= 0.6 is 0 Å². The second-order valence-corrected chi connectivity index (χ2v) is 17.7. The van der Waals surface area contributed by atoms with Crippen molar-refractivity contribution >= 4 is 29.5 Å². The number of esters is 1. The zero-order valence-corrected chi connectivity index (χ0v) is 35.7. The molecule has 1 saturated carbocycles. The third-order valence-corrected chi connectivity index (χ3v) is 12.5. The maximum atomic E-state index is 15.1. The van der Waals surface area contributed by atoms with Crippen molar-refractivity contribution in [3.05, 3.63) is 99.5 Å². The van der Waals surface area contributed by atoms with Gasteiger partial charge in [0, 0.05) is 41.2 Å². The molecule has 2 aromatic rings. The zero-order chi connectivity index (χ0) is 42.7. The van der Waals surface area contributed by atoms with Crippen LogP contribution in [0.3, 0.4) is 0 Å². The Kier molecular flexibility index (Phi) is 10.9. The Labute approximate surface area is 346 Å². The van der Waals surface area contributed by atoms with E-state index >= 15 is 4.79 Å². The Morgan fingerprint density at radius 1 is 1.02 bits per heavy atom. The van der Waals surface area contributed by atoms with Gasteiger partial charge in [-0.05, 0) is 112 Å². The molecule has 1 N–H and O–H groups in total. The average molecular weight is 805 g/mol. The predicted octanol–water partition coefficient (Wildman–Crippen LogP) is 8.14. The summed E-state index contributed by atoms with van der Waals surface area (Å²) < 4.78 is 26.3. The second-order valence-electron chi connectivity index (χ2n) is 17.7. The molecule has 1 aromatic carbocycles. The SMILES string of the molecule is CCOC(=O)CN(Cc1ccccn1)C(=O)/C(C)=C\CC12OC(C)(C)C3CC(C=C4C(=O)c5c(O)c6c(c(CC=C(C)C)c5OC431)OC(C)(CCC=C(C)C)C=C6)C2=O. The number of fused-ring (bicyclic) bond motifs is 2. The van der Waals surface area contributed by atoms with Crippen LogP contribution in [0.1, 0.15) is 115 Å². The maximum Gasteiger partial charge on any atom is 0.325 e. The number of pyridine rings is 1. The molecule has 5 unspecified atom stereocenters. The highest BCUT2D eigenvalue weighted by Crippen LogP contribution is 2.68. The van der Waals surface area contributed by atoms with E-state index < -0.39 is 51.9 Å². The van der Waals surface area contributed by atoms with Crippen LogP contribution in [0.25, 0.3) is 6.08 Å². The van der Waals surface area contributed by atoms with Gasteiger partial charge < -0.3 is 29.0 Å². The van der Waals surface area contributed by atoms with E-state index in [9.17, 15) is 19.5 Å². The van der Waals surface area contributed by atoms with Crippen molar-refractivity contribution in [3.63, 3.8) is 0 Å². The van der Waals surface area contributed by atoms with Crippen LogP contribution in [0.4, 0.5) is 0 Å². The van der Waals surface area contributed by atoms with Gasteiger partial charge in [0.2, 0.25) is 5.91 Å². The minimum atomic E-state index is -1.70. The van der Waals surface area contributed by atoms with Gasteiger partial charge in [-0.15, -0.1) is 0 Å². The average Bonchev–Trinajstić information content (AvgIpc) is 3.33. The summed E-state index contributed by atoms with van der Waals surface area (Å²) in [7, 11) is 0. The van der Waals surface area contributed by atoms with Crippen LogP contribution in [-0.2, 0) is 36.8 Å². The molecule has 11 nitrogen and oxygen atoms in total. The lowest BCUT2D eigenvalue weighted by Gasteiger charge is -2.56. The lowest BCUT2D eigenvalue weighted by atomic mass is 9.51. The predicted molar refractivity (Wildman–Crippen MR) is 223 cm³/mol. The Morgan fingerprint density at radius 3 is 2.44 bits per heavy atom. The number of ether oxygens (including phenoxy) is 4. The standard InChI is InChI=1S/C48H56N2O9/c1-10-56-37(51)27-50(26-32-15-11-12-23-49-32)44(55)30(6)18-22-47-43(54)31-24-35-40(53)38-39(52)33-19-21-46(9,20-13-14-28(2)3)57-41(33)34(17-16-29(4)5)42(38)58-48(35,47)36(25-31)45(7,8)59-47/h11-12,14-16,18-19,21,23-24,31,36,52H,10,13,17,20,22,25-27H2,1-9H3/b30-18-. The molecule has 3 aliphatic carbocycles. The molecule has 0 radical (unpaired) electrons. The van der Waals surface area contributed by atoms with E-state index in [4.69, 9.17) is 18.9 Å². The number of amides is 1. The molecule has 4 heterocycles. The fourth-order valence-electron chi connectivity index (χ4n) is 9.67. The van der Waals surface area contributed by atoms with Crippen molar-refractivity contribution in [2.45, 2.75) is 123 Å².